The van der Waals surface area contributed by atoms with Crippen LogP contribution in [0.2, 0.25) is 0 Å². The quantitative estimate of drug-likeness (QED) is 0.259. The molecule has 0 bridgehead atoms. The van der Waals surface area contributed by atoms with Gasteiger partial charge in [0.05, 0.1) is 6.04 Å². The predicted octanol–water partition coefficient (Wildman–Crippen LogP) is 4.92. The van der Waals surface area contributed by atoms with Gasteiger partial charge in [-0.15, -0.1) is 12.4 Å². The van der Waals surface area contributed by atoms with Crippen LogP contribution in [0.1, 0.15) is 56.6 Å². The van der Waals surface area contributed by atoms with E-state index in [2.05, 4.69) is 13.0 Å². The first kappa shape index (κ1) is 31.8. The molecular formula is C31H40ClN3O4. The second kappa shape index (κ2) is 16.5. The van der Waals surface area contributed by atoms with E-state index in [1.54, 1.807) is 4.90 Å². The molecule has 0 aromatic heterocycles. The molecule has 0 unspecified atom stereocenters. The number of primary amides is 1. The van der Waals surface area contributed by atoms with Crippen LogP contribution in [0.5, 0.6) is 0 Å². The average Bonchev–Trinajstić information content (AvgIpc) is 2.92. The van der Waals surface area contributed by atoms with E-state index >= 15 is 0 Å². The fourth-order valence-electron chi connectivity index (χ4n) is 4.58. The number of unbranched alkanes of at least 4 members (excludes halogenated alkanes) is 1. The molecule has 0 aliphatic rings. The van der Waals surface area contributed by atoms with Crippen LogP contribution in [0, 0.1) is 0 Å². The SMILES string of the molecule is CCCCN(C(=O)[C@@H](N)CCCC(=O)OCc1ccccc1)[C@H](CC(N)=O)Cc1ccc2ccccc2c1.Cl. The lowest BCUT2D eigenvalue weighted by molar-refractivity contribution is -0.145. The van der Waals surface area contributed by atoms with E-state index in [9.17, 15) is 14.4 Å². The summed E-state index contributed by atoms with van der Waals surface area (Å²) in [7, 11) is 0. The number of nitrogens with two attached hydrogens (primary N) is 2. The molecule has 3 rings (SSSR count). The zero-order chi connectivity index (χ0) is 27.3. The summed E-state index contributed by atoms with van der Waals surface area (Å²) in [6, 6.07) is 22.6. The Hall–Kier alpha value is -3.42. The molecule has 0 saturated carbocycles. The minimum atomic E-state index is -0.777. The Morgan fingerprint density at radius 3 is 2.28 bits per heavy atom. The summed E-state index contributed by atoms with van der Waals surface area (Å²) in [6.07, 6.45) is 3.21. The van der Waals surface area contributed by atoms with Gasteiger partial charge in [-0.05, 0) is 47.6 Å². The molecule has 2 atom stereocenters. The van der Waals surface area contributed by atoms with Crippen LogP contribution in [0.3, 0.4) is 0 Å². The normalized spacial score (nSPS) is 12.3. The molecule has 0 heterocycles. The number of carbonyl (C=O) groups is 3. The van der Waals surface area contributed by atoms with Gasteiger partial charge in [-0.2, -0.15) is 0 Å². The number of hydrogen-bond donors (Lipinski definition) is 2. The maximum atomic E-state index is 13.5. The third-order valence-corrected chi connectivity index (χ3v) is 6.65. The minimum Gasteiger partial charge on any atom is -0.461 e. The first-order valence-corrected chi connectivity index (χ1v) is 13.4. The van der Waals surface area contributed by atoms with E-state index in [1.807, 2.05) is 66.7 Å². The summed E-state index contributed by atoms with van der Waals surface area (Å²) >= 11 is 0. The number of rotatable bonds is 15. The average molecular weight is 554 g/mol. The van der Waals surface area contributed by atoms with Gasteiger partial charge in [0, 0.05) is 25.4 Å². The van der Waals surface area contributed by atoms with Crippen molar-refractivity contribution in [2.24, 2.45) is 11.5 Å². The standard InChI is InChI=1S/C31H39N3O4.ClH/c1-2-3-18-34(27(21-29(33)35)20-24-16-17-25-12-7-8-13-26(25)19-24)31(37)28(32)14-9-15-30(36)38-22-23-10-5-4-6-11-23;/h4-8,10-13,16-17,19,27-28H,2-3,9,14-15,18,20-22,32H2,1H3,(H2,33,35);1H/t27-,28-;/m0./s1. The third kappa shape index (κ3) is 10.3. The summed E-state index contributed by atoms with van der Waals surface area (Å²) in [6.45, 7) is 2.77. The van der Waals surface area contributed by atoms with Crippen LogP contribution in [-0.4, -0.2) is 41.3 Å². The van der Waals surface area contributed by atoms with Crippen LogP contribution >= 0.6 is 12.4 Å². The third-order valence-electron chi connectivity index (χ3n) is 6.65. The van der Waals surface area contributed by atoms with Crippen LogP contribution in [0.4, 0.5) is 0 Å². The van der Waals surface area contributed by atoms with Crippen molar-refractivity contribution >= 4 is 41.0 Å². The molecule has 0 radical (unpaired) electrons. The number of amides is 2. The summed E-state index contributed by atoms with van der Waals surface area (Å²) < 4.78 is 5.32. The number of benzene rings is 3. The Bertz CT molecular complexity index is 1200. The molecule has 7 nitrogen and oxygen atoms in total. The number of carbonyl (C=O) groups excluding carboxylic acids is 3. The summed E-state index contributed by atoms with van der Waals surface area (Å²) in [5.74, 6) is -0.998. The van der Waals surface area contributed by atoms with Crippen molar-refractivity contribution in [3.63, 3.8) is 0 Å². The Balaban J connectivity index is 0.00000533. The van der Waals surface area contributed by atoms with Gasteiger partial charge >= 0.3 is 5.97 Å². The van der Waals surface area contributed by atoms with Crippen LogP contribution in [0.15, 0.2) is 72.8 Å². The summed E-state index contributed by atoms with van der Waals surface area (Å²) in [5, 5.41) is 2.23. The lowest BCUT2D eigenvalue weighted by Gasteiger charge is -2.33. The first-order valence-electron chi connectivity index (χ1n) is 13.4. The van der Waals surface area contributed by atoms with Gasteiger partial charge in [0.15, 0.2) is 0 Å². The highest BCUT2D eigenvalue weighted by Gasteiger charge is 2.29. The Labute approximate surface area is 237 Å². The zero-order valence-corrected chi connectivity index (χ0v) is 23.4. The fourth-order valence-corrected chi connectivity index (χ4v) is 4.58. The van der Waals surface area contributed by atoms with E-state index in [0.29, 0.717) is 25.8 Å². The molecule has 8 heteroatoms. The molecule has 3 aromatic rings. The van der Waals surface area contributed by atoms with Crippen molar-refractivity contribution in [2.75, 3.05) is 6.54 Å². The molecule has 3 aromatic carbocycles. The van der Waals surface area contributed by atoms with Crippen molar-refractivity contribution in [3.8, 4) is 0 Å². The van der Waals surface area contributed by atoms with Gasteiger partial charge in [-0.3, -0.25) is 14.4 Å². The van der Waals surface area contributed by atoms with E-state index in [4.69, 9.17) is 16.2 Å². The predicted molar refractivity (Wildman–Crippen MR) is 157 cm³/mol. The molecular weight excluding hydrogens is 514 g/mol. The molecule has 0 saturated heterocycles. The second-order valence-corrected chi connectivity index (χ2v) is 9.74. The number of hydrogen-bond acceptors (Lipinski definition) is 5. The number of ether oxygens (including phenoxy) is 1. The van der Waals surface area contributed by atoms with Gasteiger partial charge < -0.3 is 21.1 Å². The monoisotopic (exact) mass is 553 g/mol. The molecule has 2 amide bonds. The molecule has 0 aliphatic carbocycles. The Morgan fingerprint density at radius 1 is 0.897 bits per heavy atom. The second-order valence-electron chi connectivity index (χ2n) is 9.74. The van der Waals surface area contributed by atoms with Gasteiger partial charge in [0.1, 0.15) is 6.61 Å². The van der Waals surface area contributed by atoms with Crippen molar-refractivity contribution in [1.29, 1.82) is 0 Å². The topological polar surface area (TPSA) is 116 Å². The maximum absolute atomic E-state index is 13.5. The van der Waals surface area contributed by atoms with Crippen LogP contribution < -0.4 is 11.5 Å². The molecule has 0 spiro atoms. The van der Waals surface area contributed by atoms with Crippen molar-refractivity contribution in [3.05, 3.63) is 83.9 Å². The van der Waals surface area contributed by atoms with Gasteiger partial charge in [0.25, 0.3) is 0 Å². The lowest BCUT2D eigenvalue weighted by atomic mass is 9.97. The Morgan fingerprint density at radius 2 is 1.59 bits per heavy atom. The number of nitrogens with zero attached hydrogens (tertiary/aromatic N) is 1. The minimum absolute atomic E-state index is 0. The number of halogens is 1. The molecule has 210 valence electrons. The first-order chi connectivity index (χ1) is 18.4. The van der Waals surface area contributed by atoms with Crippen molar-refractivity contribution in [2.45, 2.75) is 70.6 Å². The highest BCUT2D eigenvalue weighted by molar-refractivity contribution is 5.85. The van der Waals surface area contributed by atoms with Crippen LogP contribution in [0.25, 0.3) is 10.8 Å². The van der Waals surface area contributed by atoms with E-state index in [1.165, 1.54) is 0 Å². The number of esters is 1. The van der Waals surface area contributed by atoms with Crippen molar-refractivity contribution in [1.82, 2.24) is 4.90 Å². The van der Waals surface area contributed by atoms with Gasteiger partial charge in [0.2, 0.25) is 11.8 Å². The molecule has 0 aliphatic heterocycles. The smallest absolute Gasteiger partial charge is 0.306 e. The zero-order valence-electron chi connectivity index (χ0n) is 22.6. The van der Waals surface area contributed by atoms with E-state index in [0.717, 1.165) is 34.7 Å². The summed E-state index contributed by atoms with van der Waals surface area (Å²) in [4.78, 5) is 39.4. The largest absolute Gasteiger partial charge is 0.461 e. The lowest BCUT2D eigenvalue weighted by Crippen LogP contribution is -2.51. The number of fused-ring (bicyclic) bond motifs is 1. The van der Waals surface area contributed by atoms with E-state index < -0.39 is 18.0 Å². The highest BCUT2D eigenvalue weighted by Crippen LogP contribution is 2.20. The maximum Gasteiger partial charge on any atom is 0.306 e. The molecule has 39 heavy (non-hydrogen) atoms. The Kier molecular flexibility index (Phi) is 13.5. The summed E-state index contributed by atoms with van der Waals surface area (Å²) in [5.41, 5.74) is 13.9. The van der Waals surface area contributed by atoms with Gasteiger partial charge in [-0.25, -0.2) is 0 Å². The fraction of sp³-hybridized carbons (Fsp3) is 0.387. The van der Waals surface area contributed by atoms with Crippen molar-refractivity contribution < 1.29 is 19.1 Å². The highest BCUT2D eigenvalue weighted by atomic mass is 35.5. The van der Waals surface area contributed by atoms with Gasteiger partial charge in [-0.1, -0.05) is 86.1 Å². The van der Waals surface area contributed by atoms with Crippen LogP contribution in [-0.2, 0) is 32.1 Å². The van der Waals surface area contributed by atoms with E-state index in [-0.39, 0.29) is 43.7 Å². The molecule has 4 N–H and O–H groups in total. The molecule has 0 fully saturated rings.